The average molecular weight is 330 g/mol. The van der Waals surface area contributed by atoms with Crippen LogP contribution in [0.2, 0.25) is 0 Å². The first-order valence-electron chi connectivity index (χ1n) is 6.75. The van der Waals surface area contributed by atoms with Gasteiger partial charge in [0, 0.05) is 19.3 Å². The van der Waals surface area contributed by atoms with Crippen LogP contribution in [0, 0.1) is 11.8 Å². The van der Waals surface area contributed by atoms with Crippen LogP contribution in [0.5, 0.6) is 0 Å². The lowest BCUT2D eigenvalue weighted by molar-refractivity contribution is -0.143. The van der Waals surface area contributed by atoms with E-state index in [4.69, 9.17) is 5.11 Å². The number of carbonyl (C=O) groups excluding carboxylic acids is 1. The van der Waals surface area contributed by atoms with Crippen LogP contribution in [-0.2, 0) is 19.6 Å². The van der Waals surface area contributed by atoms with Crippen LogP contribution in [0.3, 0.4) is 0 Å². The summed E-state index contributed by atoms with van der Waals surface area (Å²) in [6.45, 7) is 2.00. The van der Waals surface area contributed by atoms with Crippen molar-refractivity contribution in [1.29, 1.82) is 0 Å². The smallest absolute Gasteiger partial charge is 0.354 e. The van der Waals surface area contributed by atoms with Gasteiger partial charge in [-0.3, -0.25) is 4.79 Å². The molecule has 1 aromatic heterocycles. The van der Waals surface area contributed by atoms with Crippen molar-refractivity contribution in [3.05, 3.63) is 18.0 Å². The van der Waals surface area contributed by atoms with Gasteiger partial charge in [0.05, 0.1) is 13.0 Å². The van der Waals surface area contributed by atoms with Crippen molar-refractivity contribution >= 4 is 22.0 Å². The summed E-state index contributed by atoms with van der Waals surface area (Å²) < 4.78 is 30.8. The van der Waals surface area contributed by atoms with E-state index < -0.39 is 27.9 Å². The lowest BCUT2D eigenvalue weighted by Gasteiger charge is -2.33. The number of aromatic nitrogens is 1. The number of carboxylic acid groups (broad SMARTS) is 1. The quantitative estimate of drug-likeness (QED) is 0.778. The highest BCUT2D eigenvalue weighted by Crippen LogP contribution is 2.27. The minimum absolute atomic E-state index is 0.0286. The molecular formula is C13H18N2O6S. The van der Waals surface area contributed by atoms with Crippen LogP contribution < -0.4 is 0 Å². The largest absolute Gasteiger partial charge is 0.481 e. The number of esters is 1. The Bertz CT molecular complexity index is 680. The summed E-state index contributed by atoms with van der Waals surface area (Å²) in [5, 5.41) is 9.13. The van der Waals surface area contributed by atoms with Crippen molar-refractivity contribution < 1.29 is 27.9 Å². The number of hydrogen-bond donors (Lipinski definition) is 2. The lowest BCUT2D eigenvalue weighted by atomic mass is 9.92. The first-order valence-corrected chi connectivity index (χ1v) is 8.19. The van der Waals surface area contributed by atoms with Gasteiger partial charge >= 0.3 is 11.9 Å². The van der Waals surface area contributed by atoms with Gasteiger partial charge in [0.25, 0.3) is 0 Å². The minimum atomic E-state index is -3.85. The second-order valence-corrected chi connectivity index (χ2v) is 7.38. The number of rotatable bonds is 4. The molecule has 2 atom stereocenters. The van der Waals surface area contributed by atoms with Gasteiger partial charge in [0.15, 0.2) is 0 Å². The SMILES string of the molecule is COC(=O)c1cc(S(=O)(=O)N2CC(C)CC(C(=O)O)C2)c[nH]1. The topological polar surface area (TPSA) is 117 Å². The molecule has 22 heavy (non-hydrogen) atoms. The maximum Gasteiger partial charge on any atom is 0.354 e. The number of nitrogens with one attached hydrogen (secondary N) is 1. The van der Waals surface area contributed by atoms with Crippen LogP contribution in [-0.4, -0.2) is 55.0 Å². The van der Waals surface area contributed by atoms with E-state index in [1.165, 1.54) is 19.4 Å². The first-order chi connectivity index (χ1) is 10.3. The normalized spacial score (nSPS) is 23.2. The third-order valence-corrected chi connectivity index (χ3v) is 5.48. The number of nitrogens with zero attached hydrogens (tertiary/aromatic N) is 1. The maximum atomic E-state index is 12.6. The molecule has 0 spiro atoms. The summed E-state index contributed by atoms with van der Waals surface area (Å²) in [6, 6.07) is 1.19. The first kappa shape index (κ1) is 16.5. The monoisotopic (exact) mass is 330 g/mol. The molecule has 0 saturated carbocycles. The Morgan fingerprint density at radius 3 is 2.68 bits per heavy atom. The van der Waals surface area contributed by atoms with Gasteiger partial charge < -0.3 is 14.8 Å². The van der Waals surface area contributed by atoms with Gasteiger partial charge in [-0.2, -0.15) is 4.31 Å². The summed E-state index contributed by atoms with van der Waals surface area (Å²) in [4.78, 5) is 25.0. The Hall–Kier alpha value is -1.87. The number of methoxy groups -OCH3 is 1. The van der Waals surface area contributed by atoms with Crippen LogP contribution in [0.25, 0.3) is 0 Å². The molecule has 9 heteroatoms. The van der Waals surface area contributed by atoms with Gasteiger partial charge in [-0.15, -0.1) is 0 Å². The minimum Gasteiger partial charge on any atom is -0.481 e. The second kappa shape index (κ2) is 6.09. The Kier molecular flexibility index (Phi) is 4.57. The number of hydrogen-bond acceptors (Lipinski definition) is 5. The van der Waals surface area contributed by atoms with E-state index in [1.807, 2.05) is 6.92 Å². The summed E-state index contributed by atoms with van der Waals surface area (Å²) in [5.41, 5.74) is 0.0286. The van der Waals surface area contributed by atoms with Gasteiger partial charge in [-0.25, -0.2) is 13.2 Å². The molecule has 0 aromatic carbocycles. The van der Waals surface area contributed by atoms with Crippen LogP contribution in [0.1, 0.15) is 23.8 Å². The predicted molar refractivity (Wildman–Crippen MR) is 75.8 cm³/mol. The fraction of sp³-hybridized carbons (Fsp3) is 0.538. The van der Waals surface area contributed by atoms with Gasteiger partial charge in [-0.1, -0.05) is 6.92 Å². The summed E-state index contributed by atoms with van der Waals surface area (Å²) >= 11 is 0. The fourth-order valence-electron chi connectivity index (χ4n) is 2.58. The number of H-pyrrole nitrogens is 1. The molecule has 1 aromatic rings. The molecule has 2 N–H and O–H groups in total. The average Bonchev–Trinajstić information content (AvgIpc) is 2.96. The van der Waals surface area contributed by atoms with Crippen LogP contribution >= 0.6 is 0 Å². The molecule has 2 rings (SSSR count). The molecule has 0 radical (unpaired) electrons. The molecule has 122 valence electrons. The van der Waals surface area contributed by atoms with Crippen molar-refractivity contribution in [3.8, 4) is 0 Å². The predicted octanol–water partition coefficient (Wildman–Crippen LogP) is 0.533. The molecule has 2 heterocycles. The Morgan fingerprint density at radius 2 is 2.09 bits per heavy atom. The van der Waals surface area contributed by atoms with Crippen molar-refractivity contribution in [2.24, 2.45) is 11.8 Å². The van der Waals surface area contributed by atoms with Crippen molar-refractivity contribution in [1.82, 2.24) is 9.29 Å². The number of piperidine rings is 1. The van der Waals surface area contributed by atoms with E-state index >= 15 is 0 Å². The molecule has 0 amide bonds. The number of carboxylic acids is 1. The number of aliphatic carboxylic acids is 1. The lowest BCUT2D eigenvalue weighted by Crippen LogP contribution is -2.45. The van der Waals surface area contributed by atoms with Crippen molar-refractivity contribution in [2.75, 3.05) is 20.2 Å². The third kappa shape index (κ3) is 3.14. The van der Waals surface area contributed by atoms with E-state index in [1.54, 1.807) is 0 Å². The summed E-state index contributed by atoms with van der Waals surface area (Å²) in [7, 11) is -2.66. The highest BCUT2D eigenvalue weighted by molar-refractivity contribution is 7.89. The van der Waals surface area contributed by atoms with Crippen LogP contribution in [0.4, 0.5) is 0 Å². The second-order valence-electron chi connectivity index (χ2n) is 5.44. The highest BCUT2D eigenvalue weighted by atomic mass is 32.2. The molecule has 1 saturated heterocycles. The number of sulfonamides is 1. The molecular weight excluding hydrogens is 312 g/mol. The molecule has 2 unspecified atom stereocenters. The standard InChI is InChI=1S/C13H18N2O6S/c1-8-3-9(12(16)17)7-15(6-8)22(19,20)10-4-11(14-5-10)13(18)21-2/h4-5,8-9,14H,3,6-7H2,1-2H3,(H,16,17). The number of ether oxygens (including phenoxy) is 1. The van der Waals surface area contributed by atoms with Crippen LogP contribution in [0.15, 0.2) is 17.2 Å². The van der Waals surface area contributed by atoms with E-state index in [0.717, 1.165) is 4.31 Å². The van der Waals surface area contributed by atoms with Gasteiger partial charge in [0.1, 0.15) is 10.6 Å². The van der Waals surface area contributed by atoms with E-state index in [-0.39, 0.29) is 29.6 Å². The fourth-order valence-corrected chi connectivity index (χ4v) is 4.18. The Morgan fingerprint density at radius 1 is 1.41 bits per heavy atom. The Balaban J connectivity index is 2.27. The van der Waals surface area contributed by atoms with E-state index in [9.17, 15) is 18.0 Å². The van der Waals surface area contributed by atoms with Gasteiger partial charge in [0.2, 0.25) is 10.0 Å². The van der Waals surface area contributed by atoms with E-state index in [0.29, 0.717) is 6.42 Å². The molecule has 0 bridgehead atoms. The third-order valence-electron chi connectivity index (χ3n) is 3.68. The summed E-state index contributed by atoms with van der Waals surface area (Å²) in [5.74, 6) is -2.45. The summed E-state index contributed by atoms with van der Waals surface area (Å²) in [6.07, 6.45) is 1.65. The number of carbonyl (C=O) groups is 2. The molecule has 0 aliphatic carbocycles. The maximum absolute atomic E-state index is 12.6. The zero-order valence-electron chi connectivity index (χ0n) is 12.3. The zero-order valence-corrected chi connectivity index (χ0v) is 13.1. The zero-order chi connectivity index (χ0) is 16.5. The molecule has 1 aliphatic rings. The van der Waals surface area contributed by atoms with E-state index in [2.05, 4.69) is 9.72 Å². The number of aromatic amines is 1. The van der Waals surface area contributed by atoms with Crippen molar-refractivity contribution in [2.45, 2.75) is 18.2 Å². The molecule has 1 aliphatic heterocycles. The Labute approximate surface area is 128 Å². The van der Waals surface area contributed by atoms with Gasteiger partial charge in [-0.05, 0) is 18.4 Å². The highest BCUT2D eigenvalue weighted by Gasteiger charge is 2.36. The molecule has 1 fully saturated rings. The molecule has 8 nitrogen and oxygen atoms in total. The van der Waals surface area contributed by atoms with Crippen molar-refractivity contribution in [3.63, 3.8) is 0 Å².